The number of hydrogen-bond donors (Lipinski definition) is 0. The molecule has 12 heteroatoms. The molecular formula is C74H56B2I4N4O2. The van der Waals surface area contributed by atoms with Crippen LogP contribution >= 0.6 is 90.4 Å². The predicted molar refractivity (Wildman–Crippen MR) is 396 cm³/mol. The van der Waals surface area contributed by atoms with E-state index in [0.717, 1.165) is 152 Å². The maximum Gasteiger partial charge on any atom is 0.256 e. The van der Waals surface area contributed by atoms with Gasteiger partial charge in [-0.2, -0.15) is 0 Å². The van der Waals surface area contributed by atoms with Crippen LogP contribution in [0, 0.1) is 14.3 Å². The zero-order chi connectivity index (χ0) is 58.2. The van der Waals surface area contributed by atoms with Gasteiger partial charge in [-0.05, 0) is 312 Å². The van der Waals surface area contributed by atoms with Crippen LogP contribution in [-0.2, 0) is 12.8 Å². The van der Waals surface area contributed by atoms with Crippen LogP contribution in [0.3, 0.4) is 0 Å². The molecule has 0 aliphatic carbocycles. The molecule has 0 N–H and O–H groups in total. The summed E-state index contributed by atoms with van der Waals surface area (Å²) in [7, 11) is 0. The molecule has 4 heterocycles. The maximum atomic E-state index is 7.28. The van der Waals surface area contributed by atoms with Gasteiger partial charge in [0.05, 0.1) is 11.4 Å². The second-order valence-electron chi connectivity index (χ2n) is 22.7. The van der Waals surface area contributed by atoms with Crippen molar-refractivity contribution in [2.75, 3.05) is 19.6 Å². The third-order valence-electron chi connectivity index (χ3n) is 17.3. The molecule has 4 aliphatic heterocycles. The van der Waals surface area contributed by atoms with Crippen LogP contribution in [0.4, 0.5) is 68.2 Å². The van der Waals surface area contributed by atoms with E-state index < -0.39 is 0 Å². The molecule has 0 saturated carbocycles. The maximum absolute atomic E-state index is 7.28. The van der Waals surface area contributed by atoms with Crippen LogP contribution in [0.2, 0.25) is 0 Å². The van der Waals surface area contributed by atoms with E-state index in [9.17, 15) is 0 Å². The molecule has 86 heavy (non-hydrogen) atoms. The quantitative estimate of drug-likeness (QED) is 0.0797. The van der Waals surface area contributed by atoms with Crippen molar-refractivity contribution in [3.63, 3.8) is 0 Å². The van der Waals surface area contributed by atoms with Crippen molar-refractivity contribution in [2.24, 2.45) is 0 Å². The van der Waals surface area contributed by atoms with E-state index in [2.05, 4.69) is 354 Å². The summed E-state index contributed by atoms with van der Waals surface area (Å²) in [4.78, 5) is 9.84. The molecule has 418 valence electrons. The first-order chi connectivity index (χ1) is 42.2. The van der Waals surface area contributed by atoms with Crippen molar-refractivity contribution < 1.29 is 9.47 Å². The molecule has 15 rings (SSSR count). The number of anilines is 12. The molecule has 6 nitrogen and oxygen atoms in total. The van der Waals surface area contributed by atoms with E-state index in [-0.39, 0.29) is 13.4 Å². The number of benzene rings is 11. The molecule has 0 bridgehead atoms. The van der Waals surface area contributed by atoms with E-state index in [1.54, 1.807) is 0 Å². The standard InChI is InChI=1S/C74H56B2I4N4O2/c1-3-5-11-47-17-29-53(30-18-47)81(55-33-21-49(77)22-34-55)59-41-67-73-71(43-59)85-69-15-9-7-13-61(69)75(73)63-45-64-66(46-65(63)83(67)57-37-25-51(79)26-38-57)84(58-39-27-52(80)28-40-58)68-42-60(44-72-74(68)76(64)62-14-8-10-16-70(62)86-72)82(56-35-23-50(78)24-36-56)54-31-19-48(20-32-54)12-6-4-2/h7-10,13-46H,3-6,11-12H2,1-2H3. The Kier molecular flexibility index (Phi) is 15.2. The van der Waals surface area contributed by atoms with Crippen molar-refractivity contribution in [1.29, 1.82) is 0 Å². The Labute approximate surface area is 559 Å². The molecule has 0 aromatic heterocycles. The Hall–Kier alpha value is -6.73. The summed E-state index contributed by atoms with van der Waals surface area (Å²) in [6.45, 7) is 4.20. The lowest BCUT2D eigenvalue weighted by molar-refractivity contribution is 0.487. The van der Waals surface area contributed by atoms with Gasteiger partial charge in [0.15, 0.2) is 0 Å². The highest BCUT2D eigenvalue weighted by Crippen LogP contribution is 2.50. The molecule has 0 spiro atoms. The number of halogens is 4. The summed E-state index contributed by atoms with van der Waals surface area (Å²) in [6, 6.07) is 86.0. The molecular weight excluding hydrogens is 1510 g/mol. The number of para-hydroxylation sites is 2. The minimum Gasteiger partial charge on any atom is -0.458 e. The first-order valence-corrected chi connectivity index (χ1v) is 34.0. The second kappa shape index (κ2) is 23.4. The molecule has 0 saturated heterocycles. The van der Waals surface area contributed by atoms with Gasteiger partial charge in [-0.25, -0.2) is 0 Å². The lowest BCUT2D eigenvalue weighted by Crippen LogP contribution is -2.63. The Morgan fingerprint density at radius 1 is 0.337 bits per heavy atom. The van der Waals surface area contributed by atoms with Gasteiger partial charge in [-0.1, -0.05) is 93.4 Å². The first-order valence-electron chi connectivity index (χ1n) is 29.7. The SMILES string of the molecule is CCCCc1ccc(N(c2ccc(I)cc2)c2cc3c4c(c2)N(c2ccc(I)cc2)c2cc5c(cc2B4c2ccccc2O3)B2c3ccccc3Oc3cc(N(c4ccc(I)cc4)c4ccc(CCCC)cc4)cc(c32)N5c2ccc(I)cc2)cc1. The first kappa shape index (κ1) is 55.8. The molecule has 11 aromatic carbocycles. The van der Waals surface area contributed by atoms with Crippen molar-refractivity contribution in [2.45, 2.75) is 52.4 Å². The second-order valence-corrected chi connectivity index (χ2v) is 27.6. The highest BCUT2D eigenvalue weighted by atomic mass is 127. The molecule has 0 radical (unpaired) electrons. The third-order valence-corrected chi connectivity index (χ3v) is 20.2. The van der Waals surface area contributed by atoms with Crippen molar-refractivity contribution in [1.82, 2.24) is 0 Å². The highest BCUT2D eigenvalue weighted by molar-refractivity contribution is 14.1. The van der Waals surface area contributed by atoms with Gasteiger partial charge in [0.2, 0.25) is 0 Å². The summed E-state index contributed by atoms with van der Waals surface area (Å²) in [5.74, 6) is 3.43. The van der Waals surface area contributed by atoms with Gasteiger partial charge in [0.1, 0.15) is 23.0 Å². The van der Waals surface area contributed by atoms with Gasteiger partial charge in [-0.3, -0.25) is 0 Å². The smallest absolute Gasteiger partial charge is 0.256 e. The van der Waals surface area contributed by atoms with Crippen molar-refractivity contribution in [3.05, 3.63) is 256 Å². The number of ether oxygens (including phenoxy) is 2. The van der Waals surface area contributed by atoms with Crippen LogP contribution in [0.1, 0.15) is 50.7 Å². The third kappa shape index (κ3) is 10.1. The average molecular weight is 1560 g/mol. The van der Waals surface area contributed by atoms with Gasteiger partial charge in [0, 0.05) is 83.3 Å². The summed E-state index contributed by atoms with van der Waals surface area (Å²) >= 11 is 9.71. The summed E-state index contributed by atoms with van der Waals surface area (Å²) in [6.07, 6.45) is 6.75. The highest BCUT2D eigenvalue weighted by Gasteiger charge is 2.48. The number of unbranched alkanes of at least 4 members (excludes halogenated alkanes) is 2. The fraction of sp³-hybridized carbons (Fsp3) is 0.108. The molecule has 0 unspecified atom stereocenters. The fourth-order valence-corrected chi connectivity index (χ4v) is 14.7. The average Bonchev–Trinajstić information content (AvgIpc) is 0.728. The normalized spacial score (nSPS) is 12.9. The van der Waals surface area contributed by atoms with Gasteiger partial charge >= 0.3 is 0 Å². The molecule has 11 aromatic rings. The number of rotatable bonds is 14. The van der Waals surface area contributed by atoms with E-state index >= 15 is 0 Å². The lowest BCUT2D eigenvalue weighted by Gasteiger charge is -2.45. The number of fused-ring (bicyclic) bond motifs is 8. The van der Waals surface area contributed by atoms with E-state index in [1.165, 1.54) is 36.3 Å². The van der Waals surface area contributed by atoms with Crippen LogP contribution in [0.15, 0.2) is 231 Å². The van der Waals surface area contributed by atoms with Crippen molar-refractivity contribution in [3.8, 4) is 23.0 Å². The van der Waals surface area contributed by atoms with E-state index in [0.29, 0.717) is 0 Å². The number of nitrogens with zero attached hydrogens (tertiary/aromatic N) is 4. The van der Waals surface area contributed by atoms with Crippen molar-refractivity contribution >= 4 is 205 Å². The Morgan fingerprint density at radius 2 is 0.686 bits per heavy atom. The summed E-state index contributed by atoms with van der Waals surface area (Å²) in [5.41, 5.74) is 22.6. The monoisotopic (exact) mass is 1560 g/mol. The minimum absolute atomic E-state index is 0.162. The van der Waals surface area contributed by atoms with E-state index in [4.69, 9.17) is 9.47 Å². The van der Waals surface area contributed by atoms with E-state index in [1.807, 2.05) is 0 Å². The lowest BCUT2D eigenvalue weighted by atomic mass is 9.31. The molecule has 0 atom stereocenters. The topological polar surface area (TPSA) is 31.4 Å². The summed E-state index contributed by atoms with van der Waals surface area (Å²) in [5, 5.41) is 0. The predicted octanol–water partition coefficient (Wildman–Crippen LogP) is 18.5. The zero-order valence-corrected chi connectivity index (χ0v) is 56.1. The number of hydrogen-bond acceptors (Lipinski definition) is 6. The number of aryl methyl sites for hydroxylation is 2. The Balaban J connectivity index is 0.998. The minimum atomic E-state index is -0.162. The van der Waals surface area contributed by atoms with Gasteiger partial charge in [-0.15, -0.1) is 0 Å². The molecule has 0 fully saturated rings. The van der Waals surface area contributed by atoms with Crippen LogP contribution in [0.25, 0.3) is 0 Å². The van der Waals surface area contributed by atoms with Gasteiger partial charge < -0.3 is 29.1 Å². The zero-order valence-electron chi connectivity index (χ0n) is 47.5. The van der Waals surface area contributed by atoms with Crippen LogP contribution in [0.5, 0.6) is 23.0 Å². The van der Waals surface area contributed by atoms with Crippen LogP contribution in [-0.4, -0.2) is 13.4 Å². The van der Waals surface area contributed by atoms with Crippen LogP contribution < -0.4 is 61.9 Å². The Morgan fingerprint density at radius 3 is 1.06 bits per heavy atom. The fourth-order valence-electron chi connectivity index (χ4n) is 13.3. The Bertz CT molecular complexity index is 4120. The molecule has 0 amide bonds. The largest absolute Gasteiger partial charge is 0.458 e. The van der Waals surface area contributed by atoms with Gasteiger partial charge in [0.25, 0.3) is 13.4 Å². The molecule has 4 aliphatic rings. The summed E-state index contributed by atoms with van der Waals surface area (Å²) < 4.78 is 19.3.